The Bertz CT molecular complexity index is 511. The lowest BCUT2D eigenvalue weighted by molar-refractivity contribution is -0.274. The van der Waals surface area contributed by atoms with Crippen molar-refractivity contribution in [2.45, 2.75) is 19.3 Å². The third-order valence-corrected chi connectivity index (χ3v) is 2.33. The molecule has 1 heterocycles. The third kappa shape index (κ3) is 3.87. The minimum absolute atomic E-state index is 0.172. The van der Waals surface area contributed by atoms with Gasteiger partial charge in [0.1, 0.15) is 11.9 Å². The first kappa shape index (κ1) is 13.2. The number of alkyl halides is 3. The van der Waals surface area contributed by atoms with Crippen molar-refractivity contribution in [2.75, 3.05) is 5.32 Å². The summed E-state index contributed by atoms with van der Waals surface area (Å²) in [5.74, 6) is 0.118. The van der Waals surface area contributed by atoms with Gasteiger partial charge in [-0.05, 0) is 24.6 Å². The molecule has 1 aromatic carbocycles. The van der Waals surface area contributed by atoms with Gasteiger partial charge in [-0.2, -0.15) is 0 Å². The molecule has 0 saturated heterocycles. The van der Waals surface area contributed by atoms with Gasteiger partial charge in [0.15, 0.2) is 0 Å². The molecular weight excluding hydrogens is 263 g/mol. The van der Waals surface area contributed by atoms with Crippen molar-refractivity contribution in [2.24, 2.45) is 0 Å². The second kappa shape index (κ2) is 5.17. The highest BCUT2D eigenvalue weighted by molar-refractivity contribution is 5.35. The van der Waals surface area contributed by atoms with E-state index < -0.39 is 6.36 Å². The zero-order valence-corrected chi connectivity index (χ0v) is 9.81. The van der Waals surface area contributed by atoms with Gasteiger partial charge < -0.3 is 14.6 Å². The van der Waals surface area contributed by atoms with Crippen LogP contribution in [0.4, 0.5) is 19.1 Å². The van der Waals surface area contributed by atoms with Crippen LogP contribution in [0.2, 0.25) is 0 Å². The summed E-state index contributed by atoms with van der Waals surface area (Å²) in [5, 5.41) is 9.74. The van der Waals surface area contributed by atoms with Crippen molar-refractivity contribution in [3.05, 3.63) is 36.0 Å². The van der Waals surface area contributed by atoms with Crippen LogP contribution in [0.25, 0.3) is 0 Å². The Labute approximate surface area is 106 Å². The maximum Gasteiger partial charge on any atom is 0.573 e. The predicted octanol–water partition coefficient (Wildman–Crippen LogP) is 3.14. The van der Waals surface area contributed by atoms with E-state index in [1.807, 2.05) is 6.92 Å². The summed E-state index contributed by atoms with van der Waals surface area (Å²) in [7, 11) is 0. The molecule has 5 nitrogen and oxygen atoms in total. The standard InChI is InChI=1S/C11H10F3N3O2/c1-7(16-10-6-15-17-19-10)8-2-4-9(5-3-8)18-11(12,13)14/h2-7,16H,1H3/t7-/m0/s1. The van der Waals surface area contributed by atoms with Crippen molar-refractivity contribution in [3.63, 3.8) is 0 Å². The molecule has 1 aromatic heterocycles. The van der Waals surface area contributed by atoms with Crippen molar-refractivity contribution in [3.8, 4) is 5.75 Å². The zero-order chi connectivity index (χ0) is 13.9. The van der Waals surface area contributed by atoms with E-state index in [4.69, 9.17) is 4.52 Å². The first-order valence-electron chi connectivity index (χ1n) is 5.33. The Hall–Kier alpha value is -2.25. The molecule has 0 aliphatic heterocycles. The Morgan fingerprint density at radius 2 is 1.95 bits per heavy atom. The number of hydrogen-bond acceptors (Lipinski definition) is 5. The molecule has 102 valence electrons. The van der Waals surface area contributed by atoms with Crippen LogP contribution in [-0.2, 0) is 0 Å². The van der Waals surface area contributed by atoms with Crippen LogP contribution >= 0.6 is 0 Å². The summed E-state index contributed by atoms with van der Waals surface area (Å²) >= 11 is 0. The third-order valence-electron chi connectivity index (χ3n) is 2.33. The summed E-state index contributed by atoms with van der Waals surface area (Å²) in [6, 6.07) is 5.39. The summed E-state index contributed by atoms with van der Waals surface area (Å²) in [6.45, 7) is 1.82. The number of nitrogens with one attached hydrogen (secondary N) is 1. The molecule has 0 amide bonds. The van der Waals surface area contributed by atoms with Crippen molar-refractivity contribution >= 4 is 5.88 Å². The van der Waals surface area contributed by atoms with Crippen LogP contribution < -0.4 is 10.1 Å². The van der Waals surface area contributed by atoms with Crippen molar-refractivity contribution in [1.29, 1.82) is 0 Å². The second-order valence-electron chi connectivity index (χ2n) is 3.76. The van der Waals surface area contributed by atoms with Gasteiger partial charge in [-0.15, -0.1) is 18.3 Å². The molecule has 0 spiro atoms. The number of anilines is 1. The Kier molecular flexibility index (Phi) is 3.59. The monoisotopic (exact) mass is 273 g/mol. The van der Waals surface area contributed by atoms with Crippen LogP contribution in [0.5, 0.6) is 5.75 Å². The minimum atomic E-state index is -4.68. The number of hydrogen-bond donors (Lipinski definition) is 1. The van der Waals surface area contributed by atoms with Gasteiger partial charge >= 0.3 is 6.36 Å². The lowest BCUT2D eigenvalue weighted by Gasteiger charge is -2.14. The molecule has 0 saturated carbocycles. The summed E-state index contributed by atoms with van der Waals surface area (Å²) in [4.78, 5) is 0. The van der Waals surface area contributed by atoms with Crippen LogP contribution in [0, 0.1) is 0 Å². The number of benzene rings is 1. The molecule has 19 heavy (non-hydrogen) atoms. The smallest absolute Gasteiger partial charge is 0.406 e. The quantitative estimate of drug-likeness (QED) is 0.927. The van der Waals surface area contributed by atoms with E-state index in [-0.39, 0.29) is 11.8 Å². The SMILES string of the molecule is C[C@H](Nc1cnno1)c1ccc(OC(F)(F)F)cc1. The predicted molar refractivity (Wildman–Crippen MR) is 59.5 cm³/mol. The number of aromatic nitrogens is 2. The number of rotatable bonds is 4. The molecule has 0 aliphatic rings. The Morgan fingerprint density at radius 3 is 2.47 bits per heavy atom. The topological polar surface area (TPSA) is 60.2 Å². The highest BCUT2D eigenvalue weighted by atomic mass is 19.4. The average Bonchev–Trinajstić information content (AvgIpc) is 2.80. The van der Waals surface area contributed by atoms with E-state index in [9.17, 15) is 13.2 Å². The normalized spacial score (nSPS) is 13.1. The Balaban J connectivity index is 2.01. The summed E-state index contributed by atoms with van der Waals surface area (Å²) in [5.41, 5.74) is 0.769. The molecule has 2 rings (SSSR count). The first-order chi connectivity index (χ1) is 8.94. The summed E-state index contributed by atoms with van der Waals surface area (Å²) < 4.78 is 44.5. The molecule has 0 radical (unpaired) electrons. The van der Waals surface area contributed by atoms with Gasteiger partial charge in [0.2, 0.25) is 5.88 Å². The Morgan fingerprint density at radius 1 is 1.26 bits per heavy atom. The van der Waals surface area contributed by atoms with Gasteiger partial charge in [0.05, 0.1) is 6.04 Å². The van der Waals surface area contributed by atoms with Gasteiger partial charge in [-0.3, -0.25) is 0 Å². The molecule has 0 bridgehead atoms. The van der Waals surface area contributed by atoms with E-state index in [0.717, 1.165) is 5.56 Å². The molecule has 0 aliphatic carbocycles. The average molecular weight is 273 g/mol. The molecule has 0 fully saturated rings. The number of ether oxygens (including phenoxy) is 1. The van der Waals surface area contributed by atoms with Gasteiger partial charge in [0, 0.05) is 5.27 Å². The van der Waals surface area contributed by atoms with E-state index in [1.165, 1.54) is 30.5 Å². The zero-order valence-electron chi connectivity index (χ0n) is 9.81. The van der Waals surface area contributed by atoms with E-state index in [0.29, 0.717) is 5.88 Å². The van der Waals surface area contributed by atoms with Crippen molar-refractivity contribution in [1.82, 2.24) is 10.4 Å². The lowest BCUT2D eigenvalue weighted by Crippen LogP contribution is -2.17. The molecule has 2 aromatic rings. The highest BCUT2D eigenvalue weighted by Gasteiger charge is 2.31. The van der Waals surface area contributed by atoms with Crippen LogP contribution in [-0.4, -0.2) is 16.7 Å². The maximum atomic E-state index is 12.0. The molecule has 0 unspecified atom stereocenters. The highest BCUT2D eigenvalue weighted by Crippen LogP contribution is 2.25. The van der Waals surface area contributed by atoms with Gasteiger partial charge in [-0.1, -0.05) is 12.1 Å². The fourth-order valence-electron chi connectivity index (χ4n) is 1.49. The fourth-order valence-corrected chi connectivity index (χ4v) is 1.49. The van der Waals surface area contributed by atoms with E-state index in [1.54, 1.807) is 0 Å². The maximum absolute atomic E-state index is 12.0. The minimum Gasteiger partial charge on any atom is -0.406 e. The molecule has 1 atom stereocenters. The first-order valence-corrected chi connectivity index (χ1v) is 5.33. The van der Waals surface area contributed by atoms with Gasteiger partial charge in [-0.25, -0.2) is 0 Å². The van der Waals surface area contributed by atoms with Gasteiger partial charge in [0.25, 0.3) is 0 Å². The van der Waals surface area contributed by atoms with Crippen LogP contribution in [0.15, 0.2) is 35.0 Å². The number of halogens is 3. The lowest BCUT2D eigenvalue weighted by atomic mass is 10.1. The second-order valence-corrected chi connectivity index (χ2v) is 3.76. The number of nitrogens with zero attached hydrogens (tertiary/aromatic N) is 2. The molecule has 8 heteroatoms. The summed E-state index contributed by atoms with van der Waals surface area (Å²) in [6.07, 6.45) is -3.28. The van der Waals surface area contributed by atoms with E-state index >= 15 is 0 Å². The fraction of sp³-hybridized carbons (Fsp3) is 0.273. The van der Waals surface area contributed by atoms with Crippen LogP contribution in [0.1, 0.15) is 18.5 Å². The molecule has 1 N–H and O–H groups in total. The van der Waals surface area contributed by atoms with E-state index in [2.05, 4.69) is 20.4 Å². The molecular formula is C11H10F3N3O2. The largest absolute Gasteiger partial charge is 0.573 e. The van der Waals surface area contributed by atoms with Crippen LogP contribution in [0.3, 0.4) is 0 Å². The van der Waals surface area contributed by atoms with Crippen molar-refractivity contribution < 1.29 is 22.4 Å².